The van der Waals surface area contributed by atoms with Gasteiger partial charge in [-0.3, -0.25) is 9.36 Å². The fourth-order valence-electron chi connectivity index (χ4n) is 3.93. The number of hydrogen-bond donors (Lipinski definition) is 4. The molecule has 0 radical (unpaired) electrons. The molecule has 2 unspecified atom stereocenters. The van der Waals surface area contributed by atoms with Crippen LogP contribution in [0.15, 0.2) is 12.7 Å². The summed E-state index contributed by atoms with van der Waals surface area (Å²) < 4.78 is 7.13. The number of primary amides is 1. The molecular weight excluding hydrogens is 356 g/mol. The first kappa shape index (κ1) is 18.0. The number of amides is 1. The predicted octanol–water partition coefficient (Wildman–Crippen LogP) is -1.72. The van der Waals surface area contributed by atoms with Gasteiger partial charge < -0.3 is 30.7 Å². The van der Waals surface area contributed by atoms with Crippen LogP contribution in [0, 0.1) is 0 Å². The average Bonchev–Trinajstić information content (AvgIpc) is 3.33. The van der Waals surface area contributed by atoms with Crippen LogP contribution in [0.5, 0.6) is 0 Å². The van der Waals surface area contributed by atoms with E-state index in [4.69, 9.17) is 10.5 Å². The number of aliphatic hydroxyl groups is 3. The lowest BCUT2D eigenvalue weighted by atomic mass is 9.96. The molecule has 4 heterocycles. The summed E-state index contributed by atoms with van der Waals surface area (Å²) in [5.41, 5.74) is 4.66. The number of fused-ring (bicyclic) bond motifs is 1. The molecule has 2 aliphatic rings. The van der Waals surface area contributed by atoms with E-state index in [0.717, 1.165) is 6.42 Å². The molecule has 27 heavy (non-hydrogen) atoms. The standard InChI is InChI=1S/C16H22N6O5/c1-16(26)11(24)9(5-23)27-15(16)22-7-20-10-13(18-6-19-14(10)22)21-4-2-3-8(21)12(17)25/h6-9,11,15,23-24,26H,2-5H2,1H3,(H2,17,25)/t8?,9-,11-,15?,16-/m1/s1. The molecule has 0 aliphatic carbocycles. The minimum absolute atomic E-state index is 0.381. The Morgan fingerprint density at radius 2 is 2.22 bits per heavy atom. The third-order valence-corrected chi connectivity index (χ3v) is 5.38. The van der Waals surface area contributed by atoms with E-state index < -0.39 is 42.6 Å². The number of hydrogen-bond acceptors (Lipinski definition) is 9. The van der Waals surface area contributed by atoms with Gasteiger partial charge >= 0.3 is 0 Å². The number of anilines is 1. The summed E-state index contributed by atoms with van der Waals surface area (Å²) in [5.74, 6) is 0.0617. The zero-order valence-corrected chi connectivity index (χ0v) is 14.8. The van der Waals surface area contributed by atoms with Crippen molar-refractivity contribution < 1.29 is 24.9 Å². The van der Waals surface area contributed by atoms with Gasteiger partial charge in [0.15, 0.2) is 23.2 Å². The molecule has 2 fully saturated rings. The Morgan fingerprint density at radius 1 is 1.44 bits per heavy atom. The first-order valence-electron chi connectivity index (χ1n) is 8.76. The van der Waals surface area contributed by atoms with E-state index in [1.807, 2.05) is 4.90 Å². The van der Waals surface area contributed by atoms with Crippen LogP contribution in [-0.2, 0) is 9.53 Å². The molecule has 146 valence electrons. The zero-order chi connectivity index (χ0) is 19.3. The van der Waals surface area contributed by atoms with E-state index in [1.165, 1.54) is 24.1 Å². The topological polar surface area (TPSA) is 160 Å². The van der Waals surface area contributed by atoms with Crippen molar-refractivity contribution in [2.75, 3.05) is 18.1 Å². The smallest absolute Gasteiger partial charge is 0.240 e. The van der Waals surface area contributed by atoms with Crippen molar-refractivity contribution in [3.63, 3.8) is 0 Å². The number of aliphatic hydroxyl groups excluding tert-OH is 2. The van der Waals surface area contributed by atoms with Gasteiger partial charge in [0.05, 0.1) is 12.9 Å². The molecular formula is C16H22N6O5. The minimum Gasteiger partial charge on any atom is -0.394 e. The van der Waals surface area contributed by atoms with E-state index >= 15 is 0 Å². The van der Waals surface area contributed by atoms with E-state index in [-0.39, 0.29) is 0 Å². The molecule has 5 N–H and O–H groups in total. The van der Waals surface area contributed by atoms with Crippen molar-refractivity contribution in [1.29, 1.82) is 0 Å². The first-order chi connectivity index (χ1) is 12.9. The fraction of sp³-hybridized carbons (Fsp3) is 0.625. The van der Waals surface area contributed by atoms with Crippen LogP contribution < -0.4 is 10.6 Å². The second-order valence-electron chi connectivity index (χ2n) is 7.16. The lowest BCUT2D eigenvalue weighted by molar-refractivity contribution is -0.119. The van der Waals surface area contributed by atoms with Gasteiger partial charge in [-0.25, -0.2) is 15.0 Å². The Bertz CT molecular complexity index is 870. The molecule has 11 nitrogen and oxygen atoms in total. The Balaban J connectivity index is 1.77. The number of nitrogens with zero attached hydrogens (tertiary/aromatic N) is 5. The SMILES string of the molecule is C[C@]1(O)C(n2cnc3c(N4CCCC4C(N)=O)ncnc32)O[C@H](CO)[C@H]1O. The minimum atomic E-state index is -1.66. The summed E-state index contributed by atoms with van der Waals surface area (Å²) in [4.78, 5) is 26.4. The monoisotopic (exact) mass is 378 g/mol. The van der Waals surface area contributed by atoms with E-state index in [0.29, 0.717) is 29.9 Å². The molecule has 5 atom stereocenters. The number of carbonyl (C=O) groups is 1. The molecule has 2 aromatic heterocycles. The second kappa shape index (κ2) is 6.37. The zero-order valence-electron chi connectivity index (χ0n) is 14.8. The fourth-order valence-corrected chi connectivity index (χ4v) is 3.93. The van der Waals surface area contributed by atoms with Crippen LogP contribution >= 0.6 is 0 Å². The highest BCUT2D eigenvalue weighted by molar-refractivity contribution is 5.89. The summed E-state index contributed by atoms with van der Waals surface area (Å²) in [6.07, 6.45) is 1.03. The third kappa shape index (κ3) is 2.65. The van der Waals surface area contributed by atoms with Crippen LogP contribution in [0.4, 0.5) is 5.82 Å². The number of carbonyl (C=O) groups excluding carboxylic acids is 1. The number of rotatable bonds is 4. The maximum absolute atomic E-state index is 11.7. The third-order valence-electron chi connectivity index (χ3n) is 5.38. The average molecular weight is 378 g/mol. The van der Waals surface area contributed by atoms with E-state index in [9.17, 15) is 20.1 Å². The largest absolute Gasteiger partial charge is 0.394 e. The van der Waals surface area contributed by atoms with Gasteiger partial charge in [0.2, 0.25) is 5.91 Å². The van der Waals surface area contributed by atoms with Gasteiger partial charge in [-0.15, -0.1) is 0 Å². The summed E-state index contributed by atoms with van der Waals surface area (Å²) in [6, 6.07) is -0.459. The maximum Gasteiger partial charge on any atom is 0.240 e. The van der Waals surface area contributed by atoms with E-state index in [1.54, 1.807) is 0 Å². The summed E-state index contributed by atoms with van der Waals surface area (Å²) in [5, 5.41) is 30.3. The van der Waals surface area contributed by atoms with Crippen LogP contribution in [0.3, 0.4) is 0 Å². The highest BCUT2D eigenvalue weighted by atomic mass is 16.6. The predicted molar refractivity (Wildman–Crippen MR) is 92.5 cm³/mol. The molecule has 1 amide bonds. The number of ether oxygens (including phenoxy) is 1. The van der Waals surface area contributed by atoms with E-state index in [2.05, 4.69) is 15.0 Å². The molecule has 0 bridgehead atoms. The second-order valence-corrected chi connectivity index (χ2v) is 7.16. The highest BCUT2D eigenvalue weighted by Gasteiger charge is 2.53. The Hall–Kier alpha value is -2.34. The summed E-state index contributed by atoms with van der Waals surface area (Å²) >= 11 is 0. The van der Waals surface area contributed by atoms with Gasteiger partial charge in [-0.1, -0.05) is 0 Å². The molecule has 2 saturated heterocycles. The summed E-state index contributed by atoms with van der Waals surface area (Å²) in [7, 11) is 0. The normalized spacial score (nSPS) is 33.9. The molecule has 0 spiro atoms. The number of nitrogens with two attached hydrogens (primary N) is 1. The van der Waals surface area contributed by atoms with Crippen LogP contribution in [0.1, 0.15) is 26.0 Å². The Kier molecular flexibility index (Phi) is 4.26. The lowest BCUT2D eigenvalue weighted by Crippen LogP contribution is -2.44. The van der Waals surface area contributed by atoms with Crippen LogP contribution in [0.25, 0.3) is 11.2 Å². The molecule has 11 heteroatoms. The quantitative estimate of drug-likeness (QED) is 0.485. The van der Waals surface area contributed by atoms with Gasteiger partial charge in [0, 0.05) is 6.54 Å². The maximum atomic E-state index is 11.7. The first-order valence-corrected chi connectivity index (χ1v) is 8.76. The molecule has 0 saturated carbocycles. The highest BCUT2D eigenvalue weighted by Crippen LogP contribution is 2.40. The van der Waals surface area contributed by atoms with Gasteiger partial charge in [0.1, 0.15) is 30.2 Å². The van der Waals surface area contributed by atoms with Gasteiger partial charge in [0.25, 0.3) is 0 Å². The van der Waals surface area contributed by atoms with Crippen molar-refractivity contribution in [2.45, 2.75) is 49.8 Å². The number of aromatic nitrogens is 4. The molecule has 2 aliphatic heterocycles. The lowest BCUT2D eigenvalue weighted by Gasteiger charge is -2.27. The Labute approximate surface area is 154 Å². The molecule has 4 rings (SSSR count). The van der Waals surface area contributed by atoms with Crippen LogP contribution in [0.2, 0.25) is 0 Å². The van der Waals surface area contributed by atoms with Crippen molar-refractivity contribution in [3.8, 4) is 0 Å². The van der Waals surface area contributed by atoms with Gasteiger partial charge in [-0.2, -0.15) is 0 Å². The summed E-state index contributed by atoms with van der Waals surface area (Å²) in [6.45, 7) is 1.61. The van der Waals surface area contributed by atoms with Gasteiger partial charge in [-0.05, 0) is 19.8 Å². The van der Waals surface area contributed by atoms with Crippen LogP contribution in [-0.4, -0.2) is 77.7 Å². The van der Waals surface area contributed by atoms with Crippen molar-refractivity contribution in [1.82, 2.24) is 19.5 Å². The van der Waals surface area contributed by atoms with Crippen molar-refractivity contribution in [3.05, 3.63) is 12.7 Å². The van der Waals surface area contributed by atoms with Crippen molar-refractivity contribution in [2.24, 2.45) is 5.73 Å². The van der Waals surface area contributed by atoms with Crippen molar-refractivity contribution >= 4 is 22.9 Å². The number of imidazole rings is 1. The Morgan fingerprint density at radius 3 is 2.89 bits per heavy atom. The molecule has 2 aromatic rings. The molecule has 0 aromatic carbocycles.